The van der Waals surface area contributed by atoms with Gasteiger partial charge in [-0.1, -0.05) is 19.6 Å². The molecule has 0 radical (unpaired) electrons. The second-order valence-corrected chi connectivity index (χ2v) is 12.4. The van der Waals surface area contributed by atoms with Crippen molar-refractivity contribution in [2.75, 3.05) is 19.0 Å². The summed E-state index contributed by atoms with van der Waals surface area (Å²) in [6, 6.07) is 5.49. The lowest BCUT2D eigenvalue weighted by Gasteiger charge is -2.15. The first-order valence-corrected chi connectivity index (χ1v) is 11.7. The molecule has 2 aromatic rings. The van der Waals surface area contributed by atoms with Crippen molar-refractivity contribution >= 4 is 25.7 Å². The van der Waals surface area contributed by atoms with E-state index in [0.717, 1.165) is 12.7 Å². The molecule has 0 unspecified atom stereocenters. The van der Waals surface area contributed by atoms with Crippen LogP contribution in [-0.2, 0) is 16.2 Å². The Morgan fingerprint density at radius 3 is 2.76 bits per heavy atom. The molecule has 136 valence electrons. The molecule has 9 heteroatoms. The van der Waals surface area contributed by atoms with E-state index in [1.165, 1.54) is 19.2 Å². The number of nitrogens with one attached hydrogen (secondary N) is 1. The maximum atomic E-state index is 11.5. The number of hydrogen-bond acceptors (Lipinski definition) is 7. The summed E-state index contributed by atoms with van der Waals surface area (Å²) in [4.78, 5) is 15.6. The predicted molar refractivity (Wildman–Crippen MR) is 96.9 cm³/mol. The largest absolute Gasteiger partial charge is 0.508 e. The van der Waals surface area contributed by atoms with E-state index < -0.39 is 14.0 Å². The normalized spacial score (nSPS) is 11.4. The molecule has 0 aliphatic rings. The number of aromatic nitrogens is 3. The Balaban J connectivity index is 1.95. The van der Waals surface area contributed by atoms with Crippen LogP contribution in [0.2, 0.25) is 25.7 Å². The van der Waals surface area contributed by atoms with Crippen molar-refractivity contribution in [2.24, 2.45) is 0 Å². The number of carbonyl (C=O) groups is 1. The van der Waals surface area contributed by atoms with Gasteiger partial charge in [0.1, 0.15) is 18.3 Å². The molecule has 25 heavy (non-hydrogen) atoms. The van der Waals surface area contributed by atoms with Crippen molar-refractivity contribution in [3.63, 3.8) is 0 Å². The molecule has 0 amide bonds. The SMILES string of the molecule is COC(=O)c1cc(O)cc(Nc2ccn(COCC[Si](C)(C)C)n2)n1. The molecule has 8 nitrogen and oxygen atoms in total. The number of carbonyl (C=O) groups excluding carboxylic acids is 1. The van der Waals surface area contributed by atoms with Gasteiger partial charge >= 0.3 is 5.97 Å². The summed E-state index contributed by atoms with van der Waals surface area (Å²) in [5.41, 5.74) is 0.0131. The zero-order valence-corrected chi connectivity index (χ0v) is 15.9. The molecule has 0 aliphatic heterocycles. The first-order valence-electron chi connectivity index (χ1n) is 7.94. The first kappa shape index (κ1) is 18.9. The zero-order valence-electron chi connectivity index (χ0n) is 14.9. The molecule has 2 heterocycles. The Bertz CT molecular complexity index is 727. The number of pyridine rings is 1. The summed E-state index contributed by atoms with van der Waals surface area (Å²) in [5, 5.41) is 17.0. The Morgan fingerprint density at radius 1 is 1.32 bits per heavy atom. The van der Waals surface area contributed by atoms with Crippen molar-refractivity contribution in [3.05, 3.63) is 30.1 Å². The van der Waals surface area contributed by atoms with Crippen molar-refractivity contribution in [1.82, 2.24) is 14.8 Å². The van der Waals surface area contributed by atoms with Crippen molar-refractivity contribution in [2.45, 2.75) is 32.4 Å². The van der Waals surface area contributed by atoms with Gasteiger partial charge in [0.15, 0.2) is 11.5 Å². The second-order valence-electron chi connectivity index (χ2n) is 6.80. The Hall–Kier alpha value is -2.39. The van der Waals surface area contributed by atoms with Crippen LogP contribution >= 0.6 is 0 Å². The topological polar surface area (TPSA) is 98.5 Å². The van der Waals surface area contributed by atoms with Crippen LogP contribution in [0.4, 0.5) is 11.6 Å². The van der Waals surface area contributed by atoms with Crippen LogP contribution in [0.5, 0.6) is 5.75 Å². The van der Waals surface area contributed by atoms with Crippen LogP contribution < -0.4 is 5.32 Å². The molecule has 2 rings (SSSR count). The first-order chi connectivity index (χ1) is 11.8. The van der Waals surface area contributed by atoms with Crippen LogP contribution in [0, 0.1) is 0 Å². The predicted octanol–water partition coefficient (Wildman–Crippen LogP) is 2.83. The molecule has 0 aromatic carbocycles. The molecule has 0 saturated heterocycles. The smallest absolute Gasteiger partial charge is 0.356 e. The fourth-order valence-electron chi connectivity index (χ4n) is 1.96. The quantitative estimate of drug-likeness (QED) is 0.422. The maximum absolute atomic E-state index is 11.5. The number of anilines is 2. The zero-order chi connectivity index (χ0) is 18.4. The summed E-state index contributed by atoms with van der Waals surface area (Å²) >= 11 is 0. The number of rotatable bonds is 8. The average Bonchev–Trinajstić information content (AvgIpc) is 2.96. The Labute approximate surface area is 147 Å². The summed E-state index contributed by atoms with van der Waals surface area (Å²) in [6.45, 7) is 7.99. The van der Waals surface area contributed by atoms with Gasteiger partial charge < -0.3 is 19.9 Å². The van der Waals surface area contributed by atoms with E-state index in [-0.39, 0.29) is 11.4 Å². The van der Waals surface area contributed by atoms with Crippen LogP contribution in [-0.4, -0.2) is 47.6 Å². The molecule has 0 saturated carbocycles. The third-order valence-corrected chi connectivity index (χ3v) is 5.03. The monoisotopic (exact) mass is 364 g/mol. The van der Waals surface area contributed by atoms with Gasteiger partial charge in [0, 0.05) is 39.1 Å². The molecular formula is C16H24N4O4Si. The van der Waals surface area contributed by atoms with E-state index in [0.29, 0.717) is 18.4 Å². The number of esters is 1. The number of methoxy groups -OCH3 is 1. The van der Waals surface area contributed by atoms with Crippen molar-refractivity contribution in [3.8, 4) is 5.75 Å². The Kier molecular flexibility index (Phi) is 6.15. The van der Waals surface area contributed by atoms with E-state index in [2.05, 4.69) is 39.8 Å². The van der Waals surface area contributed by atoms with E-state index in [1.54, 1.807) is 16.9 Å². The number of ether oxygens (including phenoxy) is 2. The average molecular weight is 364 g/mol. The van der Waals surface area contributed by atoms with Crippen LogP contribution in [0.25, 0.3) is 0 Å². The van der Waals surface area contributed by atoms with Gasteiger partial charge in [-0.15, -0.1) is 0 Å². The standard InChI is InChI=1S/C16H24N4O4Si/c1-23-16(22)13-9-12(21)10-15(17-13)18-14-5-6-20(19-14)11-24-7-8-25(2,3)4/h5-6,9-10H,7-8,11H2,1-4H3,(H2,17,18,19,21). The van der Waals surface area contributed by atoms with Gasteiger partial charge in [-0.25, -0.2) is 14.5 Å². The summed E-state index contributed by atoms with van der Waals surface area (Å²) in [5.74, 6) is 0.111. The summed E-state index contributed by atoms with van der Waals surface area (Å²) < 4.78 is 11.9. The van der Waals surface area contributed by atoms with Crippen molar-refractivity contribution in [1.29, 1.82) is 0 Å². The molecule has 0 atom stereocenters. The Morgan fingerprint density at radius 2 is 2.08 bits per heavy atom. The van der Waals surface area contributed by atoms with E-state index >= 15 is 0 Å². The maximum Gasteiger partial charge on any atom is 0.356 e. The van der Waals surface area contributed by atoms with E-state index in [4.69, 9.17) is 4.74 Å². The molecule has 0 fully saturated rings. The summed E-state index contributed by atoms with van der Waals surface area (Å²) in [7, 11) is 0.154. The molecule has 0 spiro atoms. The van der Waals surface area contributed by atoms with Gasteiger partial charge in [0.05, 0.1) is 7.11 Å². The van der Waals surface area contributed by atoms with Gasteiger partial charge in [-0.3, -0.25) is 0 Å². The lowest BCUT2D eigenvalue weighted by Crippen LogP contribution is -2.22. The highest BCUT2D eigenvalue weighted by Gasteiger charge is 2.13. The fraction of sp³-hybridized carbons (Fsp3) is 0.438. The molecular weight excluding hydrogens is 340 g/mol. The minimum absolute atomic E-state index is 0.0131. The highest BCUT2D eigenvalue weighted by atomic mass is 28.3. The highest BCUT2D eigenvalue weighted by molar-refractivity contribution is 6.76. The highest BCUT2D eigenvalue weighted by Crippen LogP contribution is 2.19. The lowest BCUT2D eigenvalue weighted by atomic mass is 10.3. The van der Waals surface area contributed by atoms with E-state index in [9.17, 15) is 9.90 Å². The van der Waals surface area contributed by atoms with Crippen LogP contribution in [0.3, 0.4) is 0 Å². The molecule has 2 N–H and O–H groups in total. The van der Waals surface area contributed by atoms with Gasteiger partial charge in [-0.2, -0.15) is 5.10 Å². The molecule has 0 bridgehead atoms. The summed E-state index contributed by atoms with van der Waals surface area (Å²) in [6.07, 6.45) is 1.78. The van der Waals surface area contributed by atoms with Gasteiger partial charge in [-0.05, 0) is 6.04 Å². The minimum atomic E-state index is -1.10. The van der Waals surface area contributed by atoms with Crippen LogP contribution in [0.15, 0.2) is 24.4 Å². The van der Waals surface area contributed by atoms with Gasteiger partial charge in [0.2, 0.25) is 0 Å². The second kappa shape index (κ2) is 8.12. The fourth-order valence-corrected chi connectivity index (χ4v) is 2.71. The lowest BCUT2D eigenvalue weighted by molar-refractivity contribution is 0.0593. The third kappa shape index (κ3) is 6.20. The molecule has 2 aromatic heterocycles. The number of nitrogens with zero attached hydrogens (tertiary/aromatic N) is 3. The van der Waals surface area contributed by atoms with Gasteiger partial charge in [0.25, 0.3) is 0 Å². The number of aromatic hydroxyl groups is 1. The third-order valence-electron chi connectivity index (χ3n) is 3.32. The minimum Gasteiger partial charge on any atom is -0.508 e. The van der Waals surface area contributed by atoms with E-state index in [1.807, 2.05) is 0 Å². The molecule has 0 aliphatic carbocycles. The van der Waals surface area contributed by atoms with Crippen molar-refractivity contribution < 1.29 is 19.4 Å². The van der Waals surface area contributed by atoms with Crippen LogP contribution in [0.1, 0.15) is 10.5 Å². The number of hydrogen-bond donors (Lipinski definition) is 2.